The number of nitrogens with one attached hydrogen (secondary N) is 1. The fourth-order valence-corrected chi connectivity index (χ4v) is 3.26. The van der Waals surface area contributed by atoms with Crippen molar-refractivity contribution >= 4 is 11.3 Å². The van der Waals surface area contributed by atoms with E-state index in [0.29, 0.717) is 6.04 Å². The highest BCUT2D eigenvalue weighted by molar-refractivity contribution is 7.09. The molecule has 0 unspecified atom stereocenters. The van der Waals surface area contributed by atoms with Gasteiger partial charge in [0.2, 0.25) is 0 Å². The van der Waals surface area contributed by atoms with E-state index in [9.17, 15) is 0 Å². The molecule has 1 saturated heterocycles. The molecule has 90 valence electrons. The number of nitrogens with zero attached hydrogens (tertiary/aromatic N) is 2. The molecule has 0 saturated carbocycles. The summed E-state index contributed by atoms with van der Waals surface area (Å²) in [5, 5.41) is 2.15. The Balaban J connectivity index is 1.76. The third-order valence-corrected chi connectivity index (χ3v) is 4.20. The van der Waals surface area contributed by atoms with Crippen molar-refractivity contribution in [3.63, 3.8) is 0 Å². The number of aromatic amines is 1. The zero-order valence-electron chi connectivity index (χ0n) is 10.0. The fourth-order valence-electron chi connectivity index (χ4n) is 2.53. The molecule has 0 bridgehead atoms. The maximum Gasteiger partial charge on any atom is 0.123 e. The Morgan fingerprint density at radius 2 is 2.53 bits per heavy atom. The lowest BCUT2D eigenvalue weighted by atomic mass is 10.2. The van der Waals surface area contributed by atoms with Gasteiger partial charge in [0.05, 0.1) is 6.04 Å². The average Bonchev–Trinajstić information content (AvgIpc) is 2.99. The lowest BCUT2D eigenvalue weighted by Crippen LogP contribution is -2.23. The van der Waals surface area contributed by atoms with Crippen LogP contribution >= 0.6 is 11.3 Å². The first-order valence-corrected chi connectivity index (χ1v) is 6.99. The Morgan fingerprint density at radius 3 is 3.24 bits per heavy atom. The normalized spacial score (nSPS) is 21.1. The van der Waals surface area contributed by atoms with Gasteiger partial charge in [0.25, 0.3) is 0 Å². The maximum atomic E-state index is 4.48. The number of aromatic nitrogens is 2. The summed E-state index contributed by atoms with van der Waals surface area (Å²) < 4.78 is 0. The summed E-state index contributed by atoms with van der Waals surface area (Å²) in [5.41, 5.74) is 1.16. The molecule has 0 spiro atoms. The van der Waals surface area contributed by atoms with Crippen LogP contribution in [0.4, 0.5) is 0 Å². The van der Waals surface area contributed by atoms with Crippen molar-refractivity contribution in [2.45, 2.75) is 32.4 Å². The molecule has 0 aromatic carbocycles. The number of hydrogen-bond acceptors (Lipinski definition) is 3. The van der Waals surface area contributed by atoms with E-state index in [-0.39, 0.29) is 0 Å². The van der Waals surface area contributed by atoms with Crippen LogP contribution in [-0.4, -0.2) is 21.4 Å². The van der Waals surface area contributed by atoms with Gasteiger partial charge < -0.3 is 4.98 Å². The Morgan fingerprint density at radius 1 is 1.59 bits per heavy atom. The van der Waals surface area contributed by atoms with Gasteiger partial charge in [-0.15, -0.1) is 11.3 Å². The van der Waals surface area contributed by atoms with E-state index in [2.05, 4.69) is 39.3 Å². The number of rotatable bonds is 3. The van der Waals surface area contributed by atoms with Gasteiger partial charge >= 0.3 is 0 Å². The van der Waals surface area contributed by atoms with Crippen molar-refractivity contribution in [1.82, 2.24) is 14.9 Å². The summed E-state index contributed by atoms with van der Waals surface area (Å²) in [7, 11) is 0. The molecule has 17 heavy (non-hydrogen) atoms. The average molecular weight is 247 g/mol. The molecule has 1 aliphatic rings. The molecule has 2 aromatic rings. The molecule has 1 atom stereocenters. The predicted octanol–water partition coefficient (Wildman–Crippen LogP) is 3.12. The van der Waals surface area contributed by atoms with Crippen molar-refractivity contribution in [2.24, 2.45) is 0 Å². The van der Waals surface area contributed by atoms with E-state index < -0.39 is 0 Å². The molecular formula is C13H17N3S. The van der Waals surface area contributed by atoms with Crippen LogP contribution in [0.15, 0.2) is 23.7 Å². The number of likely N-dealkylation sites (tertiary alicyclic amines) is 1. The van der Waals surface area contributed by atoms with Gasteiger partial charge in [-0.1, -0.05) is 6.07 Å². The zero-order chi connectivity index (χ0) is 11.7. The molecule has 2 aromatic heterocycles. The van der Waals surface area contributed by atoms with Crippen LogP contribution in [-0.2, 0) is 6.54 Å². The summed E-state index contributed by atoms with van der Waals surface area (Å²) in [6.45, 7) is 4.31. The molecule has 0 amide bonds. The smallest absolute Gasteiger partial charge is 0.123 e. The predicted molar refractivity (Wildman–Crippen MR) is 70.0 cm³/mol. The van der Waals surface area contributed by atoms with E-state index in [1.165, 1.54) is 24.3 Å². The van der Waals surface area contributed by atoms with Gasteiger partial charge in [-0.3, -0.25) is 4.90 Å². The third-order valence-electron chi connectivity index (χ3n) is 3.34. The maximum absolute atomic E-state index is 4.48. The Hall–Kier alpha value is -1.13. The Kier molecular flexibility index (Phi) is 2.99. The minimum Gasteiger partial charge on any atom is -0.345 e. The molecule has 3 rings (SSSR count). The van der Waals surface area contributed by atoms with Crippen LogP contribution in [0.1, 0.15) is 35.3 Å². The molecule has 1 N–H and O–H groups in total. The summed E-state index contributed by atoms with van der Waals surface area (Å²) in [6, 6.07) is 4.82. The minimum absolute atomic E-state index is 0.478. The van der Waals surface area contributed by atoms with Crippen LogP contribution < -0.4 is 0 Å². The molecule has 0 aliphatic carbocycles. The molecular weight excluding hydrogens is 230 g/mol. The lowest BCUT2D eigenvalue weighted by molar-refractivity contribution is 0.243. The quantitative estimate of drug-likeness (QED) is 0.903. The second kappa shape index (κ2) is 4.63. The topological polar surface area (TPSA) is 31.9 Å². The van der Waals surface area contributed by atoms with Crippen molar-refractivity contribution in [3.05, 3.63) is 40.1 Å². The lowest BCUT2D eigenvalue weighted by Gasteiger charge is -2.22. The summed E-state index contributed by atoms with van der Waals surface area (Å²) in [6.07, 6.45) is 4.42. The van der Waals surface area contributed by atoms with Crippen LogP contribution in [0, 0.1) is 6.92 Å². The first-order valence-electron chi connectivity index (χ1n) is 6.11. The number of thiophene rings is 1. The van der Waals surface area contributed by atoms with Crippen molar-refractivity contribution in [2.75, 3.05) is 6.54 Å². The molecule has 0 radical (unpaired) electrons. The number of imidazole rings is 1. The number of H-pyrrole nitrogens is 1. The highest BCUT2D eigenvalue weighted by atomic mass is 32.1. The highest BCUT2D eigenvalue weighted by Gasteiger charge is 2.28. The second-order valence-electron chi connectivity index (χ2n) is 4.66. The van der Waals surface area contributed by atoms with Crippen molar-refractivity contribution < 1.29 is 0 Å². The van der Waals surface area contributed by atoms with Gasteiger partial charge in [0, 0.05) is 23.3 Å². The van der Waals surface area contributed by atoms with E-state index in [0.717, 1.165) is 18.1 Å². The van der Waals surface area contributed by atoms with E-state index in [4.69, 9.17) is 0 Å². The van der Waals surface area contributed by atoms with Crippen LogP contribution in [0.5, 0.6) is 0 Å². The van der Waals surface area contributed by atoms with Crippen LogP contribution in [0.2, 0.25) is 0 Å². The monoisotopic (exact) mass is 247 g/mol. The van der Waals surface area contributed by atoms with Crippen molar-refractivity contribution in [1.29, 1.82) is 0 Å². The van der Waals surface area contributed by atoms with E-state index in [1.54, 1.807) is 0 Å². The molecule has 1 aliphatic heterocycles. The standard InChI is InChI=1S/C13H17N3S/c1-10-8-14-13(15-10)12-5-2-6-16(12)9-11-4-3-7-17-11/h3-4,7-8,12H,2,5-6,9H2,1H3,(H,14,15)/t12-/m1/s1. The fraction of sp³-hybridized carbons (Fsp3) is 0.462. The van der Waals surface area contributed by atoms with Gasteiger partial charge in [-0.2, -0.15) is 0 Å². The Labute approximate surface area is 106 Å². The first-order chi connectivity index (χ1) is 8.33. The SMILES string of the molecule is Cc1cnc([C@H]2CCCN2Cc2cccs2)[nH]1. The molecule has 3 heterocycles. The van der Waals surface area contributed by atoms with Crippen LogP contribution in [0.25, 0.3) is 0 Å². The summed E-state index contributed by atoms with van der Waals surface area (Å²) >= 11 is 1.84. The largest absolute Gasteiger partial charge is 0.345 e. The van der Waals surface area contributed by atoms with Crippen molar-refractivity contribution in [3.8, 4) is 0 Å². The second-order valence-corrected chi connectivity index (χ2v) is 5.69. The van der Waals surface area contributed by atoms with Gasteiger partial charge in [0.1, 0.15) is 5.82 Å². The summed E-state index contributed by atoms with van der Waals surface area (Å²) in [4.78, 5) is 11.8. The zero-order valence-corrected chi connectivity index (χ0v) is 10.8. The van der Waals surface area contributed by atoms with Gasteiger partial charge in [-0.25, -0.2) is 4.98 Å². The Bertz CT molecular complexity index is 475. The molecule has 4 heteroatoms. The van der Waals surface area contributed by atoms with Gasteiger partial charge in [-0.05, 0) is 37.8 Å². The molecule has 1 fully saturated rings. The van der Waals surface area contributed by atoms with E-state index >= 15 is 0 Å². The van der Waals surface area contributed by atoms with Crippen LogP contribution in [0.3, 0.4) is 0 Å². The molecule has 3 nitrogen and oxygen atoms in total. The summed E-state index contributed by atoms with van der Waals surface area (Å²) in [5.74, 6) is 1.14. The number of hydrogen-bond donors (Lipinski definition) is 1. The minimum atomic E-state index is 0.478. The van der Waals surface area contributed by atoms with E-state index in [1.807, 2.05) is 17.5 Å². The third kappa shape index (κ3) is 2.28. The first kappa shape index (κ1) is 11.0. The highest BCUT2D eigenvalue weighted by Crippen LogP contribution is 2.32. The van der Waals surface area contributed by atoms with Gasteiger partial charge in [0.15, 0.2) is 0 Å². The number of aryl methyl sites for hydroxylation is 1.